The number of carbonyl (C=O) groups excluding carboxylic acids is 2. The first kappa shape index (κ1) is 21.0. The molecule has 1 unspecified atom stereocenters. The van der Waals surface area contributed by atoms with Crippen LogP contribution in [0.2, 0.25) is 0 Å². The molecule has 2 fully saturated rings. The summed E-state index contributed by atoms with van der Waals surface area (Å²) in [4.78, 5) is 25.2. The second kappa shape index (κ2) is 9.05. The fourth-order valence-electron chi connectivity index (χ4n) is 3.42. The molecule has 0 aromatic heterocycles. The van der Waals surface area contributed by atoms with Crippen molar-refractivity contribution in [1.82, 2.24) is 4.90 Å². The summed E-state index contributed by atoms with van der Waals surface area (Å²) in [7, 11) is 0. The van der Waals surface area contributed by atoms with E-state index in [1.165, 1.54) is 0 Å². The second-order valence-corrected chi connectivity index (χ2v) is 8.84. The predicted molar refractivity (Wildman–Crippen MR) is 107 cm³/mol. The predicted octanol–water partition coefficient (Wildman–Crippen LogP) is 4.09. The number of rotatable bonds is 4. The SMILES string of the molecule is CC(C)C.C[C@@](S)(OCc1ccccc1)C(=O)N1CC[C@H]2CCC(=O)C21. The number of ketones is 1. The van der Waals surface area contributed by atoms with Crippen LogP contribution in [-0.4, -0.2) is 34.1 Å². The van der Waals surface area contributed by atoms with E-state index in [0.717, 1.165) is 24.3 Å². The molecule has 1 aliphatic heterocycles. The van der Waals surface area contributed by atoms with Crippen molar-refractivity contribution >= 4 is 24.3 Å². The molecule has 1 heterocycles. The molecule has 1 amide bonds. The lowest BCUT2D eigenvalue weighted by atomic mass is 10.0. The number of hydrogen-bond acceptors (Lipinski definition) is 4. The van der Waals surface area contributed by atoms with Gasteiger partial charge in [-0.2, -0.15) is 0 Å². The van der Waals surface area contributed by atoms with E-state index in [0.29, 0.717) is 25.5 Å². The first-order valence-corrected chi connectivity index (χ1v) is 9.91. The van der Waals surface area contributed by atoms with E-state index < -0.39 is 4.93 Å². The van der Waals surface area contributed by atoms with E-state index in [4.69, 9.17) is 4.74 Å². The van der Waals surface area contributed by atoms with Crippen LogP contribution in [0, 0.1) is 11.8 Å². The minimum absolute atomic E-state index is 0.183. The van der Waals surface area contributed by atoms with Crippen LogP contribution in [0.4, 0.5) is 0 Å². The highest BCUT2D eigenvalue weighted by molar-refractivity contribution is 7.82. The van der Waals surface area contributed by atoms with Gasteiger partial charge in [0.05, 0.1) is 12.6 Å². The molecule has 0 radical (unpaired) electrons. The van der Waals surface area contributed by atoms with Crippen LogP contribution in [0.3, 0.4) is 0 Å². The number of hydrogen-bond donors (Lipinski definition) is 1. The summed E-state index contributed by atoms with van der Waals surface area (Å²) in [5.41, 5.74) is 0.992. The second-order valence-electron chi connectivity index (χ2n) is 7.99. The summed E-state index contributed by atoms with van der Waals surface area (Å²) in [5.74, 6) is 1.15. The van der Waals surface area contributed by atoms with E-state index in [1.54, 1.807) is 11.8 Å². The van der Waals surface area contributed by atoms with Gasteiger partial charge in [0.25, 0.3) is 5.91 Å². The van der Waals surface area contributed by atoms with Gasteiger partial charge in [0.1, 0.15) is 0 Å². The molecule has 1 aromatic rings. The third-order valence-electron chi connectivity index (χ3n) is 4.63. The minimum Gasteiger partial charge on any atom is -0.351 e. The molecule has 0 N–H and O–H groups in total. The summed E-state index contributed by atoms with van der Waals surface area (Å²) in [6.45, 7) is 9.11. The third-order valence-corrected chi connectivity index (χ3v) is 4.96. The van der Waals surface area contributed by atoms with Crippen LogP contribution in [0.25, 0.3) is 0 Å². The van der Waals surface area contributed by atoms with Crippen molar-refractivity contribution in [1.29, 1.82) is 0 Å². The maximum atomic E-state index is 12.7. The van der Waals surface area contributed by atoms with Gasteiger partial charge in [-0.3, -0.25) is 9.59 Å². The van der Waals surface area contributed by atoms with E-state index in [-0.39, 0.29) is 17.7 Å². The van der Waals surface area contributed by atoms with E-state index in [9.17, 15) is 9.59 Å². The molecule has 1 aliphatic carbocycles. The molecular weight excluding hydrogens is 346 g/mol. The molecular formula is C21H31NO3S. The highest BCUT2D eigenvalue weighted by Gasteiger charge is 2.48. The number of benzene rings is 1. The van der Waals surface area contributed by atoms with Gasteiger partial charge >= 0.3 is 0 Å². The number of thiol groups is 1. The number of nitrogens with zero attached hydrogens (tertiary/aromatic N) is 1. The summed E-state index contributed by atoms with van der Waals surface area (Å²) >= 11 is 4.42. The van der Waals surface area contributed by atoms with Crippen LogP contribution in [0.5, 0.6) is 0 Å². The Kier molecular flexibility index (Phi) is 7.30. The molecule has 3 atom stereocenters. The van der Waals surface area contributed by atoms with Crippen molar-refractivity contribution in [3.8, 4) is 0 Å². The van der Waals surface area contributed by atoms with Gasteiger partial charge in [-0.05, 0) is 37.2 Å². The van der Waals surface area contributed by atoms with Crippen LogP contribution in [0.1, 0.15) is 52.5 Å². The molecule has 144 valence electrons. The highest BCUT2D eigenvalue weighted by Crippen LogP contribution is 2.37. The largest absolute Gasteiger partial charge is 0.351 e. The fraction of sp³-hybridized carbons (Fsp3) is 0.619. The molecule has 1 aromatic carbocycles. The summed E-state index contributed by atoms with van der Waals surface area (Å²) in [5, 5.41) is 0. The van der Waals surface area contributed by atoms with Crippen LogP contribution in [-0.2, 0) is 20.9 Å². The Balaban J connectivity index is 0.000000552. The Hall–Kier alpha value is -1.33. The van der Waals surface area contributed by atoms with Gasteiger partial charge in [-0.15, -0.1) is 12.6 Å². The van der Waals surface area contributed by atoms with Crippen molar-refractivity contribution in [2.45, 2.75) is 64.5 Å². The minimum atomic E-state index is -1.21. The number of Topliss-reactive ketones (excluding diaryl/α,β-unsaturated/α-hetero) is 1. The van der Waals surface area contributed by atoms with Gasteiger partial charge in [-0.25, -0.2) is 0 Å². The standard InChI is InChI=1S/C17H21NO3S.C4H10/c1-17(22,21-11-12-5-3-2-4-6-12)16(20)18-10-9-13-7-8-14(19)15(13)18;1-4(2)3/h2-6,13,15,22H,7-11H2,1H3;4H,1-3H3/t13-,15?,17+;/m1./s1. The third kappa shape index (κ3) is 5.34. The maximum absolute atomic E-state index is 12.7. The first-order chi connectivity index (χ1) is 12.2. The molecule has 5 heteroatoms. The van der Waals surface area contributed by atoms with E-state index in [1.807, 2.05) is 30.3 Å². The van der Waals surface area contributed by atoms with Crippen LogP contribution >= 0.6 is 12.6 Å². The topological polar surface area (TPSA) is 46.6 Å². The monoisotopic (exact) mass is 377 g/mol. The quantitative estimate of drug-likeness (QED) is 0.635. The molecule has 2 aliphatic rings. The lowest BCUT2D eigenvalue weighted by Gasteiger charge is -2.31. The first-order valence-electron chi connectivity index (χ1n) is 9.46. The van der Waals surface area contributed by atoms with Gasteiger partial charge in [0.2, 0.25) is 0 Å². The molecule has 0 spiro atoms. The number of carbonyl (C=O) groups is 2. The van der Waals surface area contributed by atoms with Crippen molar-refractivity contribution in [3.63, 3.8) is 0 Å². The van der Waals surface area contributed by atoms with Crippen molar-refractivity contribution in [2.75, 3.05) is 6.54 Å². The average molecular weight is 378 g/mol. The van der Waals surface area contributed by atoms with Crippen molar-refractivity contribution in [3.05, 3.63) is 35.9 Å². The smallest absolute Gasteiger partial charge is 0.265 e. The highest BCUT2D eigenvalue weighted by atomic mass is 32.1. The van der Waals surface area contributed by atoms with E-state index >= 15 is 0 Å². The maximum Gasteiger partial charge on any atom is 0.265 e. The van der Waals surface area contributed by atoms with Gasteiger partial charge in [0, 0.05) is 13.0 Å². The van der Waals surface area contributed by atoms with Gasteiger partial charge < -0.3 is 9.64 Å². The van der Waals surface area contributed by atoms with Crippen LogP contribution < -0.4 is 0 Å². The molecule has 4 nitrogen and oxygen atoms in total. The average Bonchev–Trinajstić information content (AvgIpc) is 3.16. The van der Waals surface area contributed by atoms with Gasteiger partial charge in [-0.1, -0.05) is 51.1 Å². The van der Waals surface area contributed by atoms with Crippen molar-refractivity contribution in [2.24, 2.45) is 11.8 Å². The van der Waals surface area contributed by atoms with E-state index in [2.05, 4.69) is 33.4 Å². The summed E-state index contributed by atoms with van der Waals surface area (Å²) in [6.07, 6.45) is 2.40. The summed E-state index contributed by atoms with van der Waals surface area (Å²) in [6, 6.07) is 9.43. The Morgan fingerprint density at radius 2 is 1.88 bits per heavy atom. The normalized spacial score (nSPS) is 24.1. The van der Waals surface area contributed by atoms with Crippen LogP contribution in [0.15, 0.2) is 30.3 Å². The molecule has 1 saturated heterocycles. The Morgan fingerprint density at radius 1 is 1.27 bits per heavy atom. The zero-order valence-electron chi connectivity index (χ0n) is 16.3. The Morgan fingerprint density at radius 3 is 2.50 bits per heavy atom. The number of ether oxygens (including phenoxy) is 1. The zero-order valence-corrected chi connectivity index (χ0v) is 17.2. The molecule has 3 rings (SSSR count). The fourth-order valence-corrected chi connectivity index (χ4v) is 3.62. The zero-order chi connectivity index (χ0) is 19.3. The Labute approximate surface area is 162 Å². The lowest BCUT2D eigenvalue weighted by molar-refractivity contribution is -0.150. The number of likely N-dealkylation sites (tertiary alicyclic amines) is 1. The number of fused-ring (bicyclic) bond motifs is 1. The Bertz CT molecular complexity index is 612. The number of amides is 1. The lowest BCUT2D eigenvalue weighted by Crippen LogP contribution is -2.49. The summed E-state index contributed by atoms with van der Waals surface area (Å²) < 4.78 is 5.74. The van der Waals surface area contributed by atoms with Crippen molar-refractivity contribution < 1.29 is 14.3 Å². The molecule has 26 heavy (non-hydrogen) atoms. The van der Waals surface area contributed by atoms with Gasteiger partial charge in [0.15, 0.2) is 10.7 Å². The molecule has 0 bridgehead atoms. The molecule has 1 saturated carbocycles.